The zero-order valence-corrected chi connectivity index (χ0v) is 33.7. The highest BCUT2D eigenvalue weighted by atomic mass is 15.2. The number of benzene rings is 9. The highest BCUT2D eigenvalue weighted by Crippen LogP contribution is 2.57. The van der Waals surface area contributed by atoms with Gasteiger partial charge in [-0.15, -0.1) is 0 Å². The molecule has 0 radical (unpaired) electrons. The van der Waals surface area contributed by atoms with Gasteiger partial charge in [-0.05, 0) is 99.2 Å². The van der Waals surface area contributed by atoms with Gasteiger partial charge < -0.3 is 14.7 Å². The van der Waals surface area contributed by atoms with Gasteiger partial charge in [0, 0.05) is 62.1 Å². The Balaban J connectivity index is 1.17. The number of nitrogens with zero attached hydrogens (tertiary/aromatic N) is 3. The maximum absolute atomic E-state index is 2.66. The van der Waals surface area contributed by atoms with E-state index in [9.17, 15) is 0 Å². The van der Waals surface area contributed by atoms with E-state index in [1.54, 1.807) is 0 Å². The van der Waals surface area contributed by atoms with E-state index in [2.05, 4.69) is 204 Å². The molecule has 0 bridgehead atoms. The normalized spacial score (nSPS) is 14.2. The minimum absolute atomic E-state index is 0.0335. The van der Waals surface area contributed by atoms with Crippen molar-refractivity contribution in [1.29, 1.82) is 0 Å². The molecule has 0 atom stereocenters. The van der Waals surface area contributed by atoms with E-state index < -0.39 is 0 Å². The number of fused-ring (bicyclic) bond motifs is 20. The molecule has 3 nitrogen and oxygen atoms in total. The molecular weight excluding hydrogens is 736 g/mol. The molecule has 5 heteroatoms. The van der Waals surface area contributed by atoms with Crippen molar-refractivity contribution in [3.8, 4) is 44.5 Å². The van der Waals surface area contributed by atoms with Crippen LogP contribution in [0.4, 0.5) is 51.2 Å². The zero-order chi connectivity index (χ0) is 39.8. The Labute approximate surface area is 356 Å². The Morgan fingerprint density at radius 2 is 0.656 bits per heavy atom. The largest absolute Gasteiger partial charge is 0.312 e. The summed E-state index contributed by atoms with van der Waals surface area (Å²) >= 11 is 0. The lowest BCUT2D eigenvalue weighted by molar-refractivity contribution is 1.23. The second-order valence-corrected chi connectivity index (χ2v) is 17.7. The van der Waals surface area contributed by atoms with E-state index in [-0.39, 0.29) is 13.4 Å². The van der Waals surface area contributed by atoms with Gasteiger partial charge >= 0.3 is 0 Å². The summed E-state index contributed by atoms with van der Waals surface area (Å²) in [5, 5.41) is 0. The summed E-state index contributed by atoms with van der Waals surface area (Å²) in [6, 6.07) is 67.4. The molecule has 0 saturated carbocycles. The van der Waals surface area contributed by atoms with Crippen LogP contribution in [-0.4, -0.2) is 13.4 Å². The van der Waals surface area contributed by atoms with Crippen LogP contribution in [0.3, 0.4) is 0 Å². The third-order valence-corrected chi connectivity index (χ3v) is 14.6. The molecule has 61 heavy (non-hydrogen) atoms. The van der Waals surface area contributed by atoms with Crippen LogP contribution in [0.2, 0.25) is 0 Å². The van der Waals surface area contributed by atoms with Gasteiger partial charge in [-0.1, -0.05) is 157 Å². The monoisotopic (exact) mass is 771 g/mol. The second-order valence-electron chi connectivity index (χ2n) is 17.7. The quantitative estimate of drug-likeness (QED) is 0.142. The molecular formula is C56H35B2N3. The summed E-state index contributed by atoms with van der Waals surface area (Å²) < 4.78 is 0. The molecule has 9 aromatic rings. The summed E-state index contributed by atoms with van der Waals surface area (Å²) in [5.74, 6) is 0. The van der Waals surface area contributed by atoms with Crippen molar-refractivity contribution in [3.63, 3.8) is 0 Å². The van der Waals surface area contributed by atoms with Crippen molar-refractivity contribution >= 4 is 97.4 Å². The van der Waals surface area contributed by atoms with E-state index in [4.69, 9.17) is 0 Å². The Hall–Kier alpha value is -7.49. The number of aryl methyl sites for hydroxylation is 2. The topological polar surface area (TPSA) is 9.72 Å². The van der Waals surface area contributed by atoms with Crippen molar-refractivity contribution in [2.24, 2.45) is 0 Å². The SMILES string of the molecule is Cc1ccc2c(c1)B1c3cccc4c3N(c3ccccc3-c3ccccc3-4)c3cc4c5c(c31)N2c1ccc(C)cc1B5c1cccc2c1N4c1ccccc1-c1ccccc1-2. The fourth-order valence-corrected chi connectivity index (χ4v) is 12.4. The predicted octanol–water partition coefficient (Wildman–Crippen LogP) is 10.3. The van der Waals surface area contributed by atoms with Crippen molar-refractivity contribution in [2.75, 3.05) is 14.7 Å². The molecule has 280 valence electrons. The summed E-state index contributed by atoms with van der Waals surface area (Å²) in [4.78, 5) is 7.97. The van der Waals surface area contributed by atoms with Crippen LogP contribution in [-0.2, 0) is 0 Å². The molecule has 0 spiro atoms. The number of hydrogen-bond acceptors (Lipinski definition) is 3. The van der Waals surface area contributed by atoms with Crippen LogP contribution < -0.4 is 47.5 Å². The first-order valence-corrected chi connectivity index (χ1v) is 21.6. The number of rotatable bonds is 0. The van der Waals surface area contributed by atoms with Gasteiger partial charge in [-0.3, -0.25) is 0 Å². The van der Waals surface area contributed by atoms with Gasteiger partial charge in [0.05, 0.1) is 11.4 Å². The fraction of sp³-hybridized carbons (Fsp3) is 0.0357. The second kappa shape index (κ2) is 11.2. The number of anilines is 9. The lowest BCUT2D eigenvalue weighted by Crippen LogP contribution is -2.68. The van der Waals surface area contributed by atoms with E-state index in [1.165, 1.54) is 140 Å². The third-order valence-electron chi connectivity index (χ3n) is 14.6. The van der Waals surface area contributed by atoms with Crippen molar-refractivity contribution < 1.29 is 0 Å². The molecule has 9 aromatic carbocycles. The summed E-state index contributed by atoms with van der Waals surface area (Å²) in [6.45, 7) is 4.57. The number of hydrogen-bond donors (Lipinski definition) is 0. The van der Waals surface area contributed by atoms with Crippen LogP contribution in [0.1, 0.15) is 11.1 Å². The molecule has 0 fully saturated rings. The van der Waals surface area contributed by atoms with Crippen LogP contribution >= 0.6 is 0 Å². The van der Waals surface area contributed by atoms with Gasteiger partial charge in [0.1, 0.15) is 0 Å². The van der Waals surface area contributed by atoms with E-state index in [0.717, 1.165) is 0 Å². The smallest absolute Gasteiger partial charge is 0.252 e. The average molecular weight is 772 g/mol. The van der Waals surface area contributed by atoms with Gasteiger partial charge in [-0.25, -0.2) is 0 Å². The molecule has 0 aromatic heterocycles. The lowest BCUT2D eigenvalue weighted by Gasteiger charge is -2.51. The molecule has 6 aliphatic rings. The Morgan fingerprint density at radius 3 is 1.11 bits per heavy atom. The summed E-state index contributed by atoms with van der Waals surface area (Å²) in [6.07, 6.45) is 0. The number of para-hydroxylation sites is 4. The third kappa shape index (κ3) is 3.85. The molecule has 0 aliphatic carbocycles. The average Bonchev–Trinajstić information content (AvgIpc) is 3.51. The van der Waals surface area contributed by atoms with Crippen molar-refractivity contribution in [3.05, 3.63) is 187 Å². The Morgan fingerprint density at radius 1 is 0.279 bits per heavy atom. The van der Waals surface area contributed by atoms with Gasteiger partial charge in [0.2, 0.25) is 0 Å². The summed E-state index contributed by atoms with van der Waals surface area (Å²) in [7, 11) is 0. The first-order valence-electron chi connectivity index (χ1n) is 21.6. The van der Waals surface area contributed by atoms with Gasteiger partial charge in [0.15, 0.2) is 0 Å². The first kappa shape index (κ1) is 32.4. The predicted molar refractivity (Wildman–Crippen MR) is 258 cm³/mol. The van der Waals surface area contributed by atoms with Crippen LogP contribution in [0.15, 0.2) is 176 Å². The van der Waals surface area contributed by atoms with Crippen molar-refractivity contribution in [2.45, 2.75) is 13.8 Å². The Bertz CT molecular complexity index is 3290. The maximum atomic E-state index is 2.66. The molecule has 15 rings (SSSR count). The molecule has 0 unspecified atom stereocenters. The molecule has 0 saturated heterocycles. The fourth-order valence-electron chi connectivity index (χ4n) is 12.4. The van der Waals surface area contributed by atoms with Crippen molar-refractivity contribution in [1.82, 2.24) is 0 Å². The zero-order valence-electron chi connectivity index (χ0n) is 33.7. The van der Waals surface area contributed by atoms with Crippen LogP contribution in [0.25, 0.3) is 44.5 Å². The lowest BCUT2D eigenvalue weighted by atomic mass is 9.28. The molecule has 6 heterocycles. The minimum Gasteiger partial charge on any atom is -0.312 e. The maximum Gasteiger partial charge on any atom is 0.252 e. The first-order chi connectivity index (χ1) is 30.1. The standard InChI is InChI=1S/C56H35B2N3/c1-32-25-27-48-44(29-32)57-42-21-11-19-40-36-15-5-3-13-34(36)38-17-7-9-23-46(38)59(54(40)42)50-31-51-53-56(52(50)57)61(48)49-28-26-33(2)30-45(49)58(53)43-22-12-20-41-37-16-6-4-14-35(37)39-18-8-10-24-47(39)60(51)55(41)43/h3-31H,1-2H3. The molecule has 6 aliphatic heterocycles. The highest BCUT2D eigenvalue weighted by Gasteiger charge is 2.53. The van der Waals surface area contributed by atoms with E-state index in [1.807, 2.05) is 0 Å². The highest BCUT2D eigenvalue weighted by molar-refractivity contribution is 7.05. The molecule has 0 N–H and O–H groups in total. The van der Waals surface area contributed by atoms with E-state index in [0.29, 0.717) is 0 Å². The summed E-state index contributed by atoms with van der Waals surface area (Å²) in [5.41, 5.74) is 32.4. The Kier molecular flexibility index (Phi) is 5.95. The van der Waals surface area contributed by atoms with Gasteiger partial charge in [-0.2, -0.15) is 0 Å². The van der Waals surface area contributed by atoms with Crippen LogP contribution in [0, 0.1) is 13.8 Å². The van der Waals surface area contributed by atoms with Gasteiger partial charge in [0.25, 0.3) is 13.4 Å². The molecule has 0 amide bonds. The van der Waals surface area contributed by atoms with E-state index >= 15 is 0 Å². The minimum atomic E-state index is 0.0335. The van der Waals surface area contributed by atoms with Crippen LogP contribution in [0.5, 0.6) is 0 Å².